The monoisotopic (exact) mass is 312 g/mol. The van der Waals surface area contributed by atoms with E-state index in [2.05, 4.69) is 39.9 Å². The SMILES string of the molecule is c1cnc2/c(n1)=c1/nccn/c1=c1\nccn\c1=c1/nccn/c1=2. The summed E-state index contributed by atoms with van der Waals surface area (Å²) in [5.74, 6) is 0. The Hall–Kier alpha value is -3.68. The second kappa shape index (κ2) is 4.92. The van der Waals surface area contributed by atoms with Gasteiger partial charge in [-0.1, -0.05) is 0 Å². The first-order chi connectivity index (χ1) is 11.9. The van der Waals surface area contributed by atoms with Gasteiger partial charge in [0.25, 0.3) is 0 Å². The van der Waals surface area contributed by atoms with Crippen molar-refractivity contribution >= 4 is 0 Å². The Morgan fingerprint density at radius 2 is 0.375 bits per heavy atom. The van der Waals surface area contributed by atoms with Crippen molar-refractivity contribution < 1.29 is 0 Å². The van der Waals surface area contributed by atoms with Gasteiger partial charge in [-0.25, -0.2) is 0 Å². The van der Waals surface area contributed by atoms with Crippen LogP contribution in [-0.4, -0.2) is 39.9 Å². The van der Waals surface area contributed by atoms with Gasteiger partial charge in [-0.15, -0.1) is 0 Å². The minimum atomic E-state index is 0.596. The van der Waals surface area contributed by atoms with Crippen LogP contribution in [-0.2, 0) is 0 Å². The van der Waals surface area contributed by atoms with Gasteiger partial charge >= 0.3 is 0 Å². The summed E-state index contributed by atoms with van der Waals surface area (Å²) in [6, 6.07) is 0. The highest BCUT2D eigenvalue weighted by Gasteiger charge is 2.05. The van der Waals surface area contributed by atoms with Crippen LogP contribution in [0.3, 0.4) is 0 Å². The molecule has 4 aromatic rings. The van der Waals surface area contributed by atoms with E-state index < -0.39 is 0 Å². The first-order valence-corrected chi connectivity index (χ1v) is 7.19. The summed E-state index contributed by atoms with van der Waals surface area (Å²) in [6.45, 7) is 0. The van der Waals surface area contributed by atoms with E-state index >= 15 is 0 Å². The standard InChI is InChI=1S/C16H8N8/c1-2-18-10-9(17-1)11-13(21-4-3-19-11)15-16(24-8-7-23-15)14-12(10)20-5-6-22-14/h1-8H/b11-9-,12-10-,15-13-,16-14-. The topological polar surface area (TPSA) is 103 Å². The normalized spacial score (nSPS) is 17.3. The third kappa shape index (κ3) is 1.73. The fraction of sp³-hybridized carbons (Fsp3) is 0. The lowest BCUT2D eigenvalue weighted by atomic mass is 10.3. The molecule has 4 aromatic heterocycles. The molecule has 0 saturated carbocycles. The summed E-state index contributed by atoms with van der Waals surface area (Å²) in [6.07, 6.45) is 12.9. The second-order valence-corrected chi connectivity index (χ2v) is 5.01. The lowest BCUT2D eigenvalue weighted by molar-refractivity contribution is 0.936. The second-order valence-electron chi connectivity index (χ2n) is 5.01. The van der Waals surface area contributed by atoms with Crippen LogP contribution in [0.2, 0.25) is 0 Å². The van der Waals surface area contributed by atoms with E-state index in [1.54, 1.807) is 49.6 Å². The quantitative estimate of drug-likeness (QED) is 0.402. The minimum Gasteiger partial charge on any atom is -0.251 e. The lowest BCUT2D eigenvalue weighted by Gasteiger charge is -1.97. The molecule has 0 aromatic carbocycles. The molecule has 0 saturated heterocycles. The van der Waals surface area contributed by atoms with Gasteiger partial charge in [0.15, 0.2) is 0 Å². The maximum absolute atomic E-state index is 4.45. The van der Waals surface area contributed by atoms with Gasteiger partial charge in [-0.2, -0.15) is 0 Å². The predicted octanol–water partition coefficient (Wildman–Crippen LogP) is 0.308. The van der Waals surface area contributed by atoms with Crippen molar-refractivity contribution in [2.75, 3.05) is 0 Å². The van der Waals surface area contributed by atoms with E-state index in [9.17, 15) is 0 Å². The van der Waals surface area contributed by atoms with Crippen molar-refractivity contribution in [1.82, 2.24) is 39.9 Å². The molecule has 0 amide bonds. The number of hydrogen-bond acceptors (Lipinski definition) is 8. The zero-order valence-electron chi connectivity index (χ0n) is 12.2. The van der Waals surface area contributed by atoms with Gasteiger partial charge in [0.1, 0.15) is 42.8 Å². The molecule has 0 bridgehead atoms. The largest absolute Gasteiger partial charge is 0.251 e. The molecule has 5 rings (SSSR count). The van der Waals surface area contributed by atoms with Crippen molar-refractivity contribution in [3.8, 4) is 0 Å². The fourth-order valence-electron chi connectivity index (χ4n) is 2.74. The zero-order chi connectivity index (χ0) is 15.9. The van der Waals surface area contributed by atoms with Crippen molar-refractivity contribution in [2.24, 2.45) is 0 Å². The molecule has 8 heteroatoms. The summed E-state index contributed by atoms with van der Waals surface area (Å²) >= 11 is 0. The molecule has 0 spiro atoms. The van der Waals surface area contributed by atoms with Crippen molar-refractivity contribution in [3.63, 3.8) is 0 Å². The van der Waals surface area contributed by atoms with Crippen molar-refractivity contribution in [1.29, 1.82) is 0 Å². The van der Waals surface area contributed by atoms with Gasteiger partial charge in [0.2, 0.25) is 0 Å². The maximum atomic E-state index is 4.45. The average Bonchev–Trinajstić information content (AvgIpc) is 2.67. The predicted molar refractivity (Wildman–Crippen MR) is 78.8 cm³/mol. The van der Waals surface area contributed by atoms with Gasteiger partial charge in [0.05, 0.1) is 0 Å². The van der Waals surface area contributed by atoms with Crippen LogP contribution < -0.4 is 0 Å². The van der Waals surface area contributed by atoms with E-state index in [1.807, 2.05) is 0 Å². The number of hydrogen-bond donors (Lipinski definition) is 0. The Balaban J connectivity index is 2.48. The highest BCUT2D eigenvalue weighted by Crippen LogP contribution is 2.02. The van der Waals surface area contributed by atoms with Crippen LogP contribution in [0.25, 0.3) is 0 Å². The summed E-state index contributed by atoms with van der Waals surface area (Å²) < 4.78 is 0. The molecular weight excluding hydrogens is 304 g/mol. The van der Waals surface area contributed by atoms with Crippen LogP contribution in [0, 0.1) is 42.8 Å². The highest BCUT2D eigenvalue weighted by molar-refractivity contribution is 5.09. The molecule has 0 unspecified atom stereocenters. The maximum Gasteiger partial charge on any atom is 0.119 e. The first kappa shape index (κ1) is 12.8. The van der Waals surface area contributed by atoms with Crippen LogP contribution in [0.15, 0.2) is 49.6 Å². The molecule has 8 nitrogen and oxygen atoms in total. The Morgan fingerprint density at radius 3 is 0.500 bits per heavy atom. The summed E-state index contributed by atoms with van der Waals surface area (Å²) in [7, 11) is 0. The third-order valence-electron chi connectivity index (χ3n) is 3.69. The van der Waals surface area contributed by atoms with Gasteiger partial charge in [-0.3, -0.25) is 39.9 Å². The first-order valence-electron chi connectivity index (χ1n) is 7.19. The van der Waals surface area contributed by atoms with Gasteiger partial charge in [-0.05, 0) is 0 Å². The van der Waals surface area contributed by atoms with Gasteiger partial charge < -0.3 is 0 Å². The van der Waals surface area contributed by atoms with Crippen molar-refractivity contribution in [2.45, 2.75) is 0 Å². The minimum absolute atomic E-state index is 0.596. The molecule has 4 heterocycles. The molecule has 1 aliphatic carbocycles. The Morgan fingerprint density at radius 1 is 0.250 bits per heavy atom. The molecule has 0 N–H and O–H groups in total. The van der Waals surface area contributed by atoms with Crippen LogP contribution >= 0.6 is 0 Å². The number of aromatic nitrogens is 8. The molecule has 0 aliphatic heterocycles. The lowest BCUT2D eigenvalue weighted by Crippen LogP contribution is -2.00. The third-order valence-corrected chi connectivity index (χ3v) is 3.69. The van der Waals surface area contributed by atoms with E-state index in [-0.39, 0.29) is 0 Å². The summed E-state index contributed by atoms with van der Waals surface area (Å²) in [5.41, 5.74) is 0. The molecule has 1 aliphatic rings. The smallest absolute Gasteiger partial charge is 0.119 e. The molecule has 112 valence electrons. The highest BCUT2D eigenvalue weighted by atomic mass is 14.9. The number of nitrogens with zero attached hydrogens (tertiary/aromatic N) is 8. The summed E-state index contributed by atoms with van der Waals surface area (Å²) in [4.78, 5) is 35.6. The molecule has 24 heavy (non-hydrogen) atoms. The number of fused-ring (bicyclic) bond motifs is 4. The zero-order valence-corrected chi connectivity index (χ0v) is 12.2. The fourth-order valence-corrected chi connectivity index (χ4v) is 2.74. The van der Waals surface area contributed by atoms with Crippen LogP contribution in [0.4, 0.5) is 0 Å². The summed E-state index contributed by atoms with van der Waals surface area (Å²) in [5, 5.41) is 4.77. The Labute approximate surface area is 133 Å². The molecule has 0 atom stereocenters. The molecule has 0 radical (unpaired) electrons. The molecular formula is C16H8N8. The number of rotatable bonds is 0. The van der Waals surface area contributed by atoms with E-state index in [4.69, 9.17) is 0 Å². The van der Waals surface area contributed by atoms with E-state index in [0.29, 0.717) is 42.8 Å². The van der Waals surface area contributed by atoms with E-state index in [1.165, 1.54) is 0 Å². The van der Waals surface area contributed by atoms with Crippen LogP contribution in [0.5, 0.6) is 0 Å². The van der Waals surface area contributed by atoms with Gasteiger partial charge in [0, 0.05) is 49.6 Å². The average molecular weight is 312 g/mol. The van der Waals surface area contributed by atoms with Crippen molar-refractivity contribution in [3.05, 3.63) is 92.4 Å². The van der Waals surface area contributed by atoms with E-state index in [0.717, 1.165) is 0 Å². The Bertz CT molecular complexity index is 1090. The Kier molecular flexibility index (Phi) is 2.63. The molecule has 0 fully saturated rings. The van der Waals surface area contributed by atoms with Crippen LogP contribution in [0.1, 0.15) is 0 Å².